The van der Waals surface area contributed by atoms with Crippen LogP contribution in [-0.2, 0) is 22.7 Å². The van der Waals surface area contributed by atoms with Gasteiger partial charge < -0.3 is 15.4 Å². The van der Waals surface area contributed by atoms with Crippen LogP contribution in [0.1, 0.15) is 11.3 Å². The summed E-state index contributed by atoms with van der Waals surface area (Å²) in [6, 6.07) is 19.5. The van der Waals surface area contributed by atoms with Crippen molar-refractivity contribution in [2.75, 3.05) is 5.32 Å². The molecular formula is C21H18ClN3O3. The van der Waals surface area contributed by atoms with E-state index < -0.39 is 11.8 Å². The molecule has 2 amide bonds. The van der Waals surface area contributed by atoms with Crippen molar-refractivity contribution in [3.05, 3.63) is 89.2 Å². The highest BCUT2D eigenvalue weighted by Crippen LogP contribution is 2.18. The molecule has 0 aliphatic rings. The second kappa shape index (κ2) is 9.53. The van der Waals surface area contributed by atoms with E-state index in [1.165, 1.54) is 0 Å². The summed E-state index contributed by atoms with van der Waals surface area (Å²) < 4.78 is 5.68. The van der Waals surface area contributed by atoms with Crippen molar-refractivity contribution in [1.82, 2.24) is 10.3 Å². The van der Waals surface area contributed by atoms with Gasteiger partial charge in [-0.2, -0.15) is 0 Å². The van der Waals surface area contributed by atoms with Crippen LogP contribution in [0.5, 0.6) is 5.75 Å². The number of hydrogen-bond donors (Lipinski definition) is 2. The van der Waals surface area contributed by atoms with Gasteiger partial charge in [0, 0.05) is 16.9 Å². The number of carbonyl (C=O) groups is 2. The van der Waals surface area contributed by atoms with Crippen molar-refractivity contribution in [3.63, 3.8) is 0 Å². The van der Waals surface area contributed by atoms with Gasteiger partial charge in [-0.25, -0.2) is 0 Å². The normalized spacial score (nSPS) is 10.2. The summed E-state index contributed by atoms with van der Waals surface area (Å²) in [5.41, 5.74) is 2.16. The van der Waals surface area contributed by atoms with E-state index in [1.807, 2.05) is 18.2 Å². The van der Waals surface area contributed by atoms with Crippen LogP contribution in [0.15, 0.2) is 72.9 Å². The minimum absolute atomic E-state index is 0.185. The highest BCUT2D eigenvalue weighted by Gasteiger charge is 2.13. The second-order valence-electron chi connectivity index (χ2n) is 5.90. The van der Waals surface area contributed by atoms with Gasteiger partial charge in [-0.15, -0.1) is 0 Å². The third-order valence-electron chi connectivity index (χ3n) is 3.79. The zero-order valence-corrected chi connectivity index (χ0v) is 15.6. The second-order valence-corrected chi connectivity index (χ2v) is 6.33. The molecule has 0 radical (unpaired) electrons. The van der Waals surface area contributed by atoms with Gasteiger partial charge in [0.15, 0.2) is 0 Å². The maximum atomic E-state index is 12.0. The Labute approximate surface area is 167 Å². The molecule has 0 aliphatic carbocycles. The van der Waals surface area contributed by atoms with E-state index in [1.54, 1.807) is 54.7 Å². The first-order valence-corrected chi connectivity index (χ1v) is 8.94. The van der Waals surface area contributed by atoms with Crippen LogP contribution < -0.4 is 15.4 Å². The van der Waals surface area contributed by atoms with Crippen molar-refractivity contribution < 1.29 is 14.3 Å². The summed E-state index contributed by atoms with van der Waals surface area (Å²) in [5.74, 6) is -0.827. The zero-order chi connectivity index (χ0) is 19.8. The molecule has 0 saturated carbocycles. The predicted octanol–water partition coefficient (Wildman–Crippen LogP) is 3.57. The molecule has 2 aromatic carbocycles. The van der Waals surface area contributed by atoms with Gasteiger partial charge in [-0.3, -0.25) is 14.6 Å². The minimum atomic E-state index is -0.745. The first-order chi connectivity index (χ1) is 13.6. The maximum Gasteiger partial charge on any atom is 0.313 e. The molecule has 0 fully saturated rings. The van der Waals surface area contributed by atoms with Crippen LogP contribution >= 0.6 is 11.6 Å². The Kier molecular flexibility index (Phi) is 6.59. The largest absolute Gasteiger partial charge is 0.489 e. The molecule has 2 N–H and O–H groups in total. The van der Waals surface area contributed by atoms with Crippen LogP contribution in [0.4, 0.5) is 5.69 Å². The highest BCUT2D eigenvalue weighted by atomic mass is 35.5. The molecule has 6 nitrogen and oxygen atoms in total. The van der Waals surface area contributed by atoms with Crippen LogP contribution in [0.3, 0.4) is 0 Å². The summed E-state index contributed by atoms with van der Waals surface area (Å²) in [4.78, 5) is 27.9. The first-order valence-electron chi connectivity index (χ1n) is 8.56. The lowest BCUT2D eigenvalue weighted by Gasteiger charge is -2.09. The van der Waals surface area contributed by atoms with Crippen LogP contribution in [0, 0.1) is 0 Å². The third kappa shape index (κ3) is 5.82. The molecule has 0 atom stereocenters. The number of amides is 2. The fourth-order valence-corrected chi connectivity index (χ4v) is 2.45. The number of benzene rings is 2. The van der Waals surface area contributed by atoms with Gasteiger partial charge in [-0.05, 0) is 54.1 Å². The van der Waals surface area contributed by atoms with E-state index in [0.717, 1.165) is 5.56 Å². The molecule has 7 heteroatoms. The molecule has 1 aromatic heterocycles. The zero-order valence-electron chi connectivity index (χ0n) is 14.9. The molecule has 3 aromatic rings. The van der Waals surface area contributed by atoms with E-state index in [-0.39, 0.29) is 6.54 Å². The average molecular weight is 396 g/mol. The van der Waals surface area contributed by atoms with Crippen molar-refractivity contribution in [2.45, 2.75) is 13.2 Å². The Balaban J connectivity index is 1.47. The smallest absolute Gasteiger partial charge is 0.313 e. The quantitative estimate of drug-likeness (QED) is 0.625. The van der Waals surface area contributed by atoms with Gasteiger partial charge in [0.25, 0.3) is 0 Å². The van der Waals surface area contributed by atoms with E-state index in [0.29, 0.717) is 28.8 Å². The van der Waals surface area contributed by atoms with Crippen LogP contribution in [0.25, 0.3) is 0 Å². The molecule has 1 heterocycles. The number of aromatic nitrogens is 1. The molecule has 0 unspecified atom stereocenters. The summed E-state index contributed by atoms with van der Waals surface area (Å²) >= 11 is 5.85. The standard InChI is InChI=1S/C21H18ClN3O3/c22-16-6-4-15(5-7-16)14-28-19-10-8-17(9-11-19)25-21(27)20(26)24-13-18-3-1-2-12-23-18/h1-12H,13-14H2,(H,24,26)(H,25,27). The summed E-state index contributed by atoms with van der Waals surface area (Å²) in [6.07, 6.45) is 1.62. The lowest BCUT2D eigenvalue weighted by Crippen LogP contribution is -2.35. The first kappa shape index (κ1) is 19.4. The summed E-state index contributed by atoms with van der Waals surface area (Å²) in [6.45, 7) is 0.587. The Morgan fingerprint density at radius 3 is 2.36 bits per heavy atom. The molecule has 3 rings (SSSR count). The van der Waals surface area contributed by atoms with Gasteiger partial charge in [0.05, 0.1) is 12.2 Å². The van der Waals surface area contributed by atoms with Gasteiger partial charge in [-0.1, -0.05) is 29.8 Å². The van der Waals surface area contributed by atoms with E-state index >= 15 is 0 Å². The fourth-order valence-electron chi connectivity index (χ4n) is 2.32. The maximum absolute atomic E-state index is 12.0. The van der Waals surface area contributed by atoms with Crippen molar-refractivity contribution in [3.8, 4) is 5.75 Å². The number of carbonyl (C=O) groups excluding carboxylic acids is 2. The Hall–Kier alpha value is -3.38. The van der Waals surface area contributed by atoms with Gasteiger partial charge in [0.1, 0.15) is 12.4 Å². The molecule has 0 aliphatic heterocycles. The van der Waals surface area contributed by atoms with Crippen molar-refractivity contribution >= 4 is 29.1 Å². The molecule has 0 bridgehead atoms. The average Bonchev–Trinajstić information content (AvgIpc) is 2.73. The Bertz CT molecular complexity index is 929. The Morgan fingerprint density at radius 2 is 1.68 bits per heavy atom. The highest BCUT2D eigenvalue weighted by molar-refractivity contribution is 6.39. The minimum Gasteiger partial charge on any atom is -0.489 e. The SMILES string of the molecule is O=C(NCc1ccccn1)C(=O)Nc1ccc(OCc2ccc(Cl)cc2)cc1. The fraction of sp³-hybridized carbons (Fsp3) is 0.0952. The van der Waals surface area contributed by atoms with E-state index in [9.17, 15) is 9.59 Å². The van der Waals surface area contributed by atoms with E-state index in [4.69, 9.17) is 16.3 Å². The summed E-state index contributed by atoms with van der Waals surface area (Å²) in [7, 11) is 0. The van der Waals surface area contributed by atoms with Crippen molar-refractivity contribution in [1.29, 1.82) is 0 Å². The number of ether oxygens (including phenoxy) is 1. The molecule has 142 valence electrons. The monoisotopic (exact) mass is 395 g/mol. The lowest BCUT2D eigenvalue weighted by atomic mass is 10.2. The predicted molar refractivity (Wildman–Crippen MR) is 107 cm³/mol. The number of hydrogen-bond acceptors (Lipinski definition) is 4. The van der Waals surface area contributed by atoms with Crippen molar-refractivity contribution in [2.24, 2.45) is 0 Å². The Morgan fingerprint density at radius 1 is 0.929 bits per heavy atom. The van der Waals surface area contributed by atoms with Crippen LogP contribution in [0.2, 0.25) is 5.02 Å². The number of nitrogens with zero attached hydrogens (tertiary/aromatic N) is 1. The molecule has 28 heavy (non-hydrogen) atoms. The van der Waals surface area contributed by atoms with E-state index in [2.05, 4.69) is 15.6 Å². The lowest BCUT2D eigenvalue weighted by molar-refractivity contribution is -0.136. The molecular weight excluding hydrogens is 378 g/mol. The number of nitrogens with one attached hydrogen (secondary N) is 2. The molecule has 0 saturated heterocycles. The summed E-state index contributed by atoms with van der Waals surface area (Å²) in [5, 5.41) is 5.74. The topological polar surface area (TPSA) is 80.3 Å². The number of anilines is 1. The van der Waals surface area contributed by atoms with Gasteiger partial charge >= 0.3 is 11.8 Å². The number of halogens is 1. The third-order valence-corrected chi connectivity index (χ3v) is 4.05. The van der Waals surface area contributed by atoms with Gasteiger partial charge in [0.2, 0.25) is 0 Å². The molecule has 0 spiro atoms. The van der Waals surface area contributed by atoms with Crippen LogP contribution in [-0.4, -0.2) is 16.8 Å². The number of rotatable bonds is 6. The number of pyridine rings is 1.